The van der Waals surface area contributed by atoms with Crippen molar-refractivity contribution in [2.45, 2.75) is 243 Å². The van der Waals surface area contributed by atoms with Crippen LogP contribution in [0.3, 0.4) is 0 Å². The second-order valence-corrected chi connectivity index (χ2v) is 30.8. The number of carbonyl (C=O) groups excluding carboxylic acids is 13. The Balaban J connectivity index is 1.62. The topological polar surface area (TPSA) is 737 Å². The Morgan fingerprint density at radius 3 is 1.28 bits per heavy atom. The number of hydrogen-bond acceptors (Lipinski definition) is 23. The number of nitrogens with zero attached hydrogens (tertiary/aromatic N) is 2. The highest BCUT2D eigenvalue weighted by molar-refractivity contribution is 6.01. The first-order valence-electron chi connectivity index (χ1n) is 40.3. The number of H-pyrrole nitrogens is 3. The van der Waals surface area contributed by atoms with Crippen molar-refractivity contribution in [2.75, 3.05) is 26.3 Å². The molecule has 0 aliphatic rings. The quantitative estimate of drug-likeness (QED) is 0.0111. The molecular weight excluding hydrogens is 1600 g/mol. The number of carboxylic acids is 2. The molecule has 0 saturated heterocycles. The number of aliphatic hydroxyl groups is 3. The van der Waals surface area contributed by atoms with Gasteiger partial charge < -0.3 is 137 Å². The summed E-state index contributed by atoms with van der Waals surface area (Å²) in [6, 6.07) is -15.2. The first-order chi connectivity index (χ1) is 57.6. The molecule has 3 aromatic heterocycles. The number of aromatic nitrogens is 5. The number of aliphatic hydroxyl groups excluding tert-OH is 3. The number of aliphatic carboxylic acids is 2. The van der Waals surface area contributed by atoms with Gasteiger partial charge in [0, 0.05) is 79.7 Å². The molecule has 0 aliphatic heterocycles. The molecule has 45 nitrogen and oxygen atoms in total. The fourth-order valence-electron chi connectivity index (χ4n) is 12.5. The molecule has 45 heteroatoms. The lowest BCUT2D eigenvalue weighted by Gasteiger charge is -2.30. The van der Waals surface area contributed by atoms with E-state index in [0.29, 0.717) is 28.6 Å². The lowest BCUT2D eigenvalue weighted by Crippen LogP contribution is -2.62. The van der Waals surface area contributed by atoms with Gasteiger partial charge in [0.15, 0.2) is 11.9 Å². The third kappa shape index (κ3) is 34.4. The fourth-order valence-corrected chi connectivity index (χ4v) is 12.5. The summed E-state index contributed by atoms with van der Waals surface area (Å²) in [5, 5.41) is 105. The van der Waals surface area contributed by atoms with Crippen molar-refractivity contribution in [3.63, 3.8) is 0 Å². The Labute approximate surface area is 704 Å². The molecule has 0 spiro atoms. The van der Waals surface area contributed by atoms with Crippen LogP contribution < -0.4 is 97.0 Å². The largest absolute Gasteiger partial charge is 0.481 e. The standard InChI is InChI=1S/C77H123N25O20/c1-11-39(7)59(78)72(118)102-61(42(10)105)74(120)98-54(28-44-31-83-35-88-44)68(114)91-48(19-15-23-85-76(79)80)64(110)101-60(40(8)12-2)73(119)97-55(29-45-32-84-36-89-45)69(115)96-53(27-43-30-87-47-18-14-13-17-46(43)47)67(113)92-49(21-22-58(106)107)63(109)100-56(33-103)70(116)90-41(9)62(108)99-57(34-104)71(117)95-52(26-38(5)6)66(112)94-51(25-37(3)4)65(111)93-50(75(121)122)20-16-24-86-77(81)82/h13-14,17-18,30-32,35-42,48-57,59-61,87,103-105H,11-12,15-16,19-29,33-34,78H2,1-10H3,(H,83,88)(H,84,89)(H,90,116)(H,91,114)(H,92,113)(H,93,111)(H,94,112)(H,95,117)(H,96,115)(H,97,119)(H,98,120)(H,99,108)(H,100,109)(H,101,110)(H,102,118)(H,106,107)(H,121,122)(H4,79,80,85)(H4,81,82,86)/t39-,40-,41-,42+,48-,49-,50-,51-,52-,53-,54-,55-,56-,57-,59-,60-,61-/m0/s1. The Morgan fingerprint density at radius 1 is 0.443 bits per heavy atom. The third-order valence-corrected chi connectivity index (χ3v) is 19.9. The average Bonchev–Trinajstić information content (AvgIpc) is 1.65. The van der Waals surface area contributed by atoms with Crippen molar-refractivity contribution in [3.05, 3.63) is 72.5 Å². The van der Waals surface area contributed by atoms with Crippen LogP contribution in [0.25, 0.3) is 10.9 Å². The highest BCUT2D eigenvalue weighted by Gasteiger charge is 2.40. The van der Waals surface area contributed by atoms with E-state index in [1.807, 2.05) is 6.92 Å². The molecule has 0 fully saturated rings. The van der Waals surface area contributed by atoms with Gasteiger partial charge in [-0.1, -0.05) is 86.4 Å². The SMILES string of the molecule is CC[C@H](C)[C@H](N)C(=O)N[C@H](C(=O)N[C@@H](Cc1cnc[nH]1)C(=O)N[C@@H](CCCNC(=N)N)C(=O)N[C@H](C(=O)N[C@@H](Cc1cnc[nH]1)C(=O)N[C@@H](Cc1c[nH]c2ccccc12)C(=O)N[C@@H](CCC(=O)O)C(=O)N[C@@H](CO)C(=O)N[C@@H](C)C(=O)N[C@@H](CO)C(=O)N[C@@H](CC(C)C)C(=O)N[C@@H](CC(C)C)C(=O)N[C@@H](CCCNC(=N)N)C(=O)O)[C@@H](C)CC)[C@@H](C)O. The highest BCUT2D eigenvalue weighted by Crippen LogP contribution is 2.21. The van der Waals surface area contributed by atoms with Crippen molar-refractivity contribution in [1.29, 1.82) is 10.8 Å². The van der Waals surface area contributed by atoms with Crippen molar-refractivity contribution < 1.29 is 97.5 Å². The van der Waals surface area contributed by atoms with Gasteiger partial charge in [0.2, 0.25) is 76.8 Å². The van der Waals surface area contributed by atoms with Crippen molar-refractivity contribution in [1.82, 2.24) is 105 Å². The first-order valence-corrected chi connectivity index (χ1v) is 40.3. The Morgan fingerprint density at radius 2 is 0.828 bits per heavy atom. The zero-order valence-electron chi connectivity index (χ0n) is 70.2. The van der Waals surface area contributed by atoms with E-state index in [0.717, 1.165) is 6.92 Å². The molecule has 676 valence electrons. The summed E-state index contributed by atoms with van der Waals surface area (Å²) in [6.07, 6.45) is 3.51. The van der Waals surface area contributed by atoms with Crippen LogP contribution in [0.4, 0.5) is 0 Å². The minimum atomic E-state index is -1.96. The smallest absolute Gasteiger partial charge is 0.326 e. The monoisotopic (exact) mass is 1720 g/mol. The number of carboxylic acid groups (broad SMARTS) is 2. The molecule has 3 heterocycles. The number of hydrogen-bond donors (Lipinski definition) is 28. The molecule has 0 aliphatic carbocycles. The van der Waals surface area contributed by atoms with Crippen molar-refractivity contribution >= 4 is 112 Å². The second-order valence-electron chi connectivity index (χ2n) is 30.8. The molecule has 122 heavy (non-hydrogen) atoms. The van der Waals surface area contributed by atoms with E-state index in [-0.39, 0.29) is 107 Å². The molecule has 4 rings (SSSR count). The summed E-state index contributed by atoms with van der Waals surface area (Å²) in [6.45, 7) is 14.0. The van der Waals surface area contributed by atoms with E-state index < -0.39 is 217 Å². The predicted octanol–water partition coefficient (Wildman–Crippen LogP) is -5.68. The number of rotatable bonds is 55. The number of benzene rings is 1. The van der Waals surface area contributed by atoms with Crippen LogP contribution in [0.5, 0.6) is 0 Å². The Bertz CT molecular complexity index is 4160. The lowest BCUT2D eigenvalue weighted by atomic mass is 9.96. The number of para-hydroxylation sites is 1. The maximum atomic E-state index is 15.1. The van der Waals surface area contributed by atoms with Crippen molar-refractivity contribution in [2.24, 2.45) is 40.9 Å². The Hall–Kier alpha value is -12.4. The molecule has 17 atom stereocenters. The van der Waals surface area contributed by atoms with E-state index >= 15 is 14.4 Å². The lowest BCUT2D eigenvalue weighted by molar-refractivity contribution is -0.142. The van der Waals surface area contributed by atoms with Crippen LogP contribution >= 0.6 is 0 Å². The average molecular weight is 1720 g/mol. The van der Waals surface area contributed by atoms with E-state index in [9.17, 15) is 83.1 Å². The summed E-state index contributed by atoms with van der Waals surface area (Å²) < 4.78 is 0. The number of nitrogens with one attached hydrogen (secondary N) is 20. The van der Waals surface area contributed by atoms with Crippen LogP contribution in [-0.4, -0.2) is 268 Å². The number of imidazole rings is 2. The molecule has 0 saturated carbocycles. The maximum Gasteiger partial charge on any atom is 0.326 e. The fraction of sp³-hybridized carbons (Fsp3) is 0.597. The van der Waals surface area contributed by atoms with Crippen LogP contribution in [0.15, 0.2) is 55.5 Å². The van der Waals surface area contributed by atoms with Crippen LogP contribution in [-0.2, 0) is 91.2 Å². The van der Waals surface area contributed by atoms with Gasteiger partial charge in [-0.2, -0.15) is 0 Å². The van der Waals surface area contributed by atoms with E-state index in [4.69, 9.17) is 28.0 Å². The van der Waals surface area contributed by atoms with Gasteiger partial charge in [0.25, 0.3) is 0 Å². The van der Waals surface area contributed by atoms with Crippen LogP contribution in [0.1, 0.15) is 150 Å². The van der Waals surface area contributed by atoms with Gasteiger partial charge >= 0.3 is 11.9 Å². The summed E-state index contributed by atoms with van der Waals surface area (Å²) in [4.78, 5) is 226. The number of nitrogens with two attached hydrogens (primary N) is 3. The first kappa shape index (κ1) is 102. The maximum absolute atomic E-state index is 15.1. The molecule has 13 amide bonds. The molecular formula is C77H123N25O20. The van der Waals surface area contributed by atoms with Crippen LogP contribution in [0.2, 0.25) is 0 Å². The molecule has 1 aromatic carbocycles. The number of carbonyl (C=O) groups is 15. The minimum Gasteiger partial charge on any atom is -0.481 e. The van der Waals surface area contributed by atoms with E-state index in [1.165, 1.54) is 38.2 Å². The summed E-state index contributed by atoms with van der Waals surface area (Å²) in [5.74, 6) is -18.4. The molecule has 0 unspecified atom stereocenters. The van der Waals surface area contributed by atoms with Gasteiger partial charge in [-0.15, -0.1) is 0 Å². The van der Waals surface area contributed by atoms with Gasteiger partial charge in [-0.3, -0.25) is 77.9 Å². The van der Waals surface area contributed by atoms with E-state index in [2.05, 4.69) is 105 Å². The summed E-state index contributed by atoms with van der Waals surface area (Å²) in [5.41, 5.74) is 18.6. The molecule has 0 bridgehead atoms. The predicted molar refractivity (Wildman–Crippen MR) is 442 cm³/mol. The normalized spacial score (nSPS) is 15.5. The third-order valence-electron chi connectivity index (χ3n) is 19.9. The molecule has 0 radical (unpaired) electrons. The Kier molecular flexibility index (Phi) is 42.9. The van der Waals surface area contributed by atoms with Crippen molar-refractivity contribution in [3.8, 4) is 0 Å². The molecule has 31 N–H and O–H groups in total. The van der Waals surface area contributed by atoms with Gasteiger partial charge in [0.1, 0.15) is 78.5 Å². The second kappa shape index (κ2) is 51.3. The number of amides is 13. The summed E-state index contributed by atoms with van der Waals surface area (Å²) >= 11 is 0. The number of guanidine groups is 2. The number of aromatic amines is 3. The van der Waals surface area contributed by atoms with Crippen LogP contribution in [0, 0.1) is 34.5 Å². The molecule has 4 aromatic rings. The highest BCUT2D eigenvalue weighted by atomic mass is 16.4. The summed E-state index contributed by atoms with van der Waals surface area (Å²) in [7, 11) is 0. The number of fused-ring (bicyclic) bond motifs is 1. The zero-order valence-corrected chi connectivity index (χ0v) is 70.2. The van der Waals surface area contributed by atoms with Gasteiger partial charge in [-0.05, 0) is 94.1 Å². The zero-order chi connectivity index (χ0) is 91.2. The van der Waals surface area contributed by atoms with E-state index in [1.54, 1.807) is 72.7 Å². The van der Waals surface area contributed by atoms with Gasteiger partial charge in [-0.25, -0.2) is 14.8 Å². The minimum absolute atomic E-state index is 0.0111. The van der Waals surface area contributed by atoms with Gasteiger partial charge in [0.05, 0.1) is 38.0 Å².